The van der Waals surface area contributed by atoms with Crippen molar-refractivity contribution in [2.45, 2.75) is 26.3 Å². The Morgan fingerprint density at radius 1 is 1.60 bits per heavy atom. The van der Waals surface area contributed by atoms with Crippen LogP contribution in [-0.4, -0.2) is 48.5 Å². The summed E-state index contributed by atoms with van der Waals surface area (Å²) in [5.41, 5.74) is 5.75. The third-order valence-electron chi connectivity index (χ3n) is 3.67. The lowest BCUT2D eigenvalue weighted by molar-refractivity contribution is 0.0952. The highest BCUT2D eigenvalue weighted by atomic mass is 32.1. The molecule has 1 aliphatic heterocycles. The lowest BCUT2D eigenvalue weighted by Crippen LogP contribution is -2.32. The van der Waals surface area contributed by atoms with Gasteiger partial charge in [0.1, 0.15) is 10.7 Å². The topological polar surface area (TPSA) is 83.3 Å². The predicted molar refractivity (Wildman–Crippen MR) is 83.2 cm³/mol. The molecule has 1 saturated heterocycles. The van der Waals surface area contributed by atoms with Crippen molar-refractivity contribution < 1.29 is 4.79 Å². The van der Waals surface area contributed by atoms with E-state index in [9.17, 15) is 4.79 Å². The molecule has 1 atom stereocenters. The van der Waals surface area contributed by atoms with Gasteiger partial charge in [-0.2, -0.15) is 0 Å². The van der Waals surface area contributed by atoms with Gasteiger partial charge in [-0.05, 0) is 32.7 Å². The molecule has 1 aromatic heterocycles. The minimum absolute atomic E-state index is 0.121. The minimum Gasteiger partial charge on any atom is -0.382 e. The van der Waals surface area contributed by atoms with E-state index in [1.54, 1.807) is 7.05 Å². The zero-order valence-corrected chi connectivity index (χ0v) is 13.1. The number of carbonyl (C=O) groups is 1. The smallest absolute Gasteiger partial charge is 0.265 e. The molecule has 112 valence electrons. The van der Waals surface area contributed by atoms with E-state index < -0.39 is 0 Å². The van der Waals surface area contributed by atoms with Gasteiger partial charge >= 0.3 is 0 Å². The maximum Gasteiger partial charge on any atom is 0.265 e. The molecule has 0 aromatic carbocycles. The molecule has 2 heterocycles. The second-order valence-electron chi connectivity index (χ2n) is 5.44. The van der Waals surface area contributed by atoms with Crippen molar-refractivity contribution in [3.05, 3.63) is 4.88 Å². The normalized spacial score (nSPS) is 19.5. The Morgan fingerprint density at radius 3 is 2.90 bits per heavy atom. The van der Waals surface area contributed by atoms with Gasteiger partial charge < -0.3 is 21.3 Å². The third kappa shape index (κ3) is 3.40. The number of thiazole rings is 1. The molecule has 2 rings (SSSR count). The number of hydrogen-bond donors (Lipinski definition) is 3. The van der Waals surface area contributed by atoms with E-state index in [-0.39, 0.29) is 5.91 Å². The Bertz CT molecular complexity index is 473. The summed E-state index contributed by atoms with van der Waals surface area (Å²) in [5, 5.41) is 6.54. The number of nitrogens with one attached hydrogen (secondary N) is 2. The number of anilines is 2. The number of nitrogen functional groups attached to an aromatic ring is 1. The molecule has 4 N–H and O–H groups in total. The molecule has 7 heteroatoms. The molecule has 6 nitrogen and oxygen atoms in total. The fourth-order valence-corrected chi connectivity index (χ4v) is 3.17. The van der Waals surface area contributed by atoms with Crippen LogP contribution in [0.25, 0.3) is 0 Å². The summed E-state index contributed by atoms with van der Waals surface area (Å²) in [5.74, 6) is 0.704. The molecule has 0 saturated carbocycles. The van der Waals surface area contributed by atoms with E-state index in [0.29, 0.717) is 34.3 Å². The van der Waals surface area contributed by atoms with Crippen molar-refractivity contribution in [2.24, 2.45) is 5.92 Å². The first-order chi connectivity index (χ1) is 9.51. The average Bonchev–Trinajstić information content (AvgIpc) is 3.02. The van der Waals surface area contributed by atoms with Gasteiger partial charge in [-0.3, -0.25) is 4.79 Å². The van der Waals surface area contributed by atoms with Crippen LogP contribution in [0.3, 0.4) is 0 Å². The Balaban J connectivity index is 1.85. The molecule has 1 aliphatic rings. The number of nitrogens with two attached hydrogens (primary N) is 1. The second-order valence-corrected chi connectivity index (χ2v) is 6.44. The van der Waals surface area contributed by atoms with Crippen molar-refractivity contribution >= 4 is 28.2 Å². The molecule has 0 radical (unpaired) electrons. The van der Waals surface area contributed by atoms with Crippen molar-refractivity contribution in [3.8, 4) is 0 Å². The summed E-state index contributed by atoms with van der Waals surface area (Å²) >= 11 is 1.29. The Hall–Kier alpha value is -1.34. The van der Waals surface area contributed by atoms with Crippen molar-refractivity contribution in [1.29, 1.82) is 0 Å². The number of carbonyl (C=O) groups excluding carboxylic acids is 1. The van der Waals surface area contributed by atoms with Crippen molar-refractivity contribution in [2.75, 3.05) is 37.7 Å². The van der Waals surface area contributed by atoms with Crippen LogP contribution in [-0.2, 0) is 0 Å². The molecule has 1 aromatic rings. The number of nitrogens with zero attached hydrogens (tertiary/aromatic N) is 2. The van der Waals surface area contributed by atoms with Crippen LogP contribution in [0.2, 0.25) is 0 Å². The summed E-state index contributed by atoms with van der Waals surface area (Å²) < 4.78 is 0. The van der Waals surface area contributed by atoms with Crippen molar-refractivity contribution in [3.63, 3.8) is 0 Å². The monoisotopic (exact) mass is 297 g/mol. The molecular weight excluding hydrogens is 274 g/mol. The van der Waals surface area contributed by atoms with Crippen LogP contribution < -0.4 is 16.4 Å². The van der Waals surface area contributed by atoms with Gasteiger partial charge in [0.05, 0.1) is 0 Å². The summed E-state index contributed by atoms with van der Waals surface area (Å²) in [7, 11) is 1.76. The van der Waals surface area contributed by atoms with Gasteiger partial charge in [0.2, 0.25) is 0 Å². The number of likely N-dealkylation sites (tertiary alicyclic amines) is 1. The Labute approximate surface area is 123 Å². The maximum atomic E-state index is 12.1. The van der Waals surface area contributed by atoms with Gasteiger partial charge in [0.25, 0.3) is 5.91 Å². The highest BCUT2D eigenvalue weighted by Crippen LogP contribution is 2.24. The molecule has 1 amide bonds. The highest BCUT2D eigenvalue weighted by molar-refractivity contribution is 7.18. The first kappa shape index (κ1) is 15.1. The molecule has 0 bridgehead atoms. The molecule has 20 heavy (non-hydrogen) atoms. The highest BCUT2D eigenvalue weighted by Gasteiger charge is 2.25. The lowest BCUT2D eigenvalue weighted by Gasteiger charge is -2.20. The summed E-state index contributed by atoms with van der Waals surface area (Å²) in [6.45, 7) is 7.29. The first-order valence-electron chi connectivity index (χ1n) is 6.97. The maximum absolute atomic E-state index is 12.1. The predicted octanol–water partition coefficient (Wildman–Crippen LogP) is 1.23. The largest absolute Gasteiger partial charge is 0.382 e. The summed E-state index contributed by atoms with van der Waals surface area (Å²) in [4.78, 5) is 19.1. The van der Waals surface area contributed by atoms with E-state index in [2.05, 4.69) is 34.4 Å². The van der Waals surface area contributed by atoms with E-state index >= 15 is 0 Å². The van der Waals surface area contributed by atoms with Crippen LogP contribution in [0.5, 0.6) is 0 Å². The number of hydrogen-bond acceptors (Lipinski definition) is 6. The van der Waals surface area contributed by atoms with Gasteiger partial charge in [0.15, 0.2) is 5.13 Å². The Morgan fingerprint density at radius 2 is 2.35 bits per heavy atom. The summed E-state index contributed by atoms with van der Waals surface area (Å²) in [6, 6.07) is 0.575. The number of rotatable bonds is 5. The summed E-state index contributed by atoms with van der Waals surface area (Å²) in [6.07, 6.45) is 1.14. The molecule has 0 spiro atoms. The molecule has 0 aliphatic carbocycles. The first-order valence-corrected chi connectivity index (χ1v) is 7.79. The fourth-order valence-electron chi connectivity index (χ4n) is 2.42. The molecule has 1 unspecified atom stereocenters. The van der Waals surface area contributed by atoms with Gasteiger partial charge in [-0.25, -0.2) is 4.98 Å². The average molecular weight is 297 g/mol. The standard InChI is InChI=1S/C13H23N5OS/c1-8(2)18-5-4-9(7-18)6-16-12(19)10-11(14)17-13(15-3)20-10/h8-9H,4-7,14H2,1-3H3,(H,15,17)(H,16,19). The van der Waals surface area contributed by atoms with Crippen LogP contribution in [0.15, 0.2) is 0 Å². The minimum atomic E-state index is -0.121. The number of aromatic nitrogens is 1. The zero-order chi connectivity index (χ0) is 14.7. The quantitative estimate of drug-likeness (QED) is 0.761. The van der Waals surface area contributed by atoms with Gasteiger partial charge in [0, 0.05) is 26.2 Å². The molecular formula is C13H23N5OS. The fraction of sp³-hybridized carbons (Fsp3) is 0.692. The zero-order valence-electron chi connectivity index (χ0n) is 12.3. The van der Waals surface area contributed by atoms with Crippen LogP contribution in [0.1, 0.15) is 29.9 Å². The lowest BCUT2D eigenvalue weighted by atomic mass is 10.1. The second kappa shape index (κ2) is 6.41. The van der Waals surface area contributed by atoms with Gasteiger partial charge in [-0.1, -0.05) is 11.3 Å². The third-order valence-corrected chi connectivity index (χ3v) is 4.76. The number of amides is 1. The van der Waals surface area contributed by atoms with E-state index in [4.69, 9.17) is 5.73 Å². The van der Waals surface area contributed by atoms with Crippen molar-refractivity contribution in [1.82, 2.24) is 15.2 Å². The van der Waals surface area contributed by atoms with Crippen LogP contribution in [0.4, 0.5) is 10.9 Å². The van der Waals surface area contributed by atoms with E-state index in [1.807, 2.05) is 0 Å². The Kier molecular flexibility index (Phi) is 4.82. The SMILES string of the molecule is CNc1nc(N)c(C(=O)NCC2CCN(C(C)C)C2)s1. The van der Waals surface area contributed by atoms with E-state index in [0.717, 1.165) is 19.5 Å². The van der Waals surface area contributed by atoms with E-state index in [1.165, 1.54) is 11.3 Å². The van der Waals surface area contributed by atoms with Crippen LogP contribution >= 0.6 is 11.3 Å². The van der Waals surface area contributed by atoms with Gasteiger partial charge in [-0.15, -0.1) is 0 Å². The van der Waals surface area contributed by atoms with Crippen LogP contribution in [0, 0.1) is 5.92 Å². The molecule has 1 fully saturated rings.